The molecule has 2 nitrogen and oxygen atoms in total. The number of benzene rings is 1. The number of nitrogens with zero attached hydrogens (tertiary/aromatic N) is 1. The largest absolute Gasteiger partial charge is 0.330 e. The van der Waals surface area contributed by atoms with Crippen LogP contribution in [0.4, 0.5) is 0 Å². The molecular weight excluding hydrogens is 240 g/mol. The Bertz CT molecular complexity index is 555. The third-order valence-electron chi connectivity index (χ3n) is 2.93. The van der Waals surface area contributed by atoms with Gasteiger partial charge < -0.3 is 5.73 Å². The Kier molecular flexibility index (Phi) is 4.28. The maximum atomic E-state index is 5.59. The summed E-state index contributed by atoms with van der Waals surface area (Å²) in [5.41, 5.74) is 10.3. The van der Waals surface area contributed by atoms with Crippen molar-refractivity contribution >= 4 is 16.9 Å². The molecule has 0 amide bonds. The molecule has 0 saturated heterocycles. The van der Waals surface area contributed by atoms with Crippen molar-refractivity contribution in [1.82, 2.24) is 4.98 Å². The number of rotatable bonds is 4. The molecule has 0 aliphatic heterocycles. The monoisotopic (exact) mass is 258 g/mol. The first-order valence-electron chi connectivity index (χ1n) is 6.12. The van der Waals surface area contributed by atoms with Gasteiger partial charge in [0.2, 0.25) is 0 Å². The number of allylic oxidation sites excluding steroid dienone is 2. The fourth-order valence-corrected chi connectivity index (χ4v) is 2.63. The van der Waals surface area contributed by atoms with Crippen molar-refractivity contribution in [3.63, 3.8) is 0 Å². The van der Waals surface area contributed by atoms with E-state index in [4.69, 9.17) is 5.73 Å². The fourth-order valence-electron chi connectivity index (χ4n) is 1.76. The number of hydrogen-bond donors (Lipinski definition) is 1. The van der Waals surface area contributed by atoms with E-state index in [1.54, 1.807) is 11.3 Å². The summed E-state index contributed by atoms with van der Waals surface area (Å²) in [6.07, 6.45) is 3.01. The lowest BCUT2D eigenvalue weighted by Gasteiger charge is -2.01. The number of nitrogens with two attached hydrogens (primary N) is 1. The van der Waals surface area contributed by atoms with Crippen LogP contribution in [0.25, 0.3) is 16.8 Å². The van der Waals surface area contributed by atoms with E-state index in [0.717, 1.165) is 17.1 Å². The molecule has 0 spiro atoms. The Morgan fingerprint density at radius 2 is 2.28 bits per heavy atom. The highest BCUT2D eigenvalue weighted by Gasteiger charge is 2.06. The number of hydrogen-bond acceptors (Lipinski definition) is 3. The molecule has 0 saturated carbocycles. The molecule has 0 fully saturated rings. The SMILES string of the molecule is CC=C(C)c1nc(-c2cccc(CCN)c2)cs1. The van der Waals surface area contributed by atoms with Gasteiger partial charge in [-0.25, -0.2) is 4.98 Å². The maximum Gasteiger partial charge on any atom is 0.119 e. The lowest BCUT2D eigenvalue weighted by molar-refractivity contribution is 0.969. The van der Waals surface area contributed by atoms with E-state index < -0.39 is 0 Å². The summed E-state index contributed by atoms with van der Waals surface area (Å²) in [5, 5.41) is 3.21. The minimum atomic E-state index is 0.684. The van der Waals surface area contributed by atoms with Crippen LogP contribution in [0.3, 0.4) is 0 Å². The maximum absolute atomic E-state index is 5.59. The minimum absolute atomic E-state index is 0.684. The minimum Gasteiger partial charge on any atom is -0.330 e. The van der Waals surface area contributed by atoms with Gasteiger partial charge in [0, 0.05) is 10.9 Å². The van der Waals surface area contributed by atoms with Crippen molar-refractivity contribution < 1.29 is 0 Å². The van der Waals surface area contributed by atoms with Crippen LogP contribution in [0.5, 0.6) is 0 Å². The van der Waals surface area contributed by atoms with Gasteiger partial charge in [0.15, 0.2) is 0 Å². The Labute approximate surface area is 112 Å². The van der Waals surface area contributed by atoms with Crippen LogP contribution in [-0.4, -0.2) is 11.5 Å². The predicted octanol–water partition coefficient (Wildman–Crippen LogP) is 3.73. The average Bonchev–Trinajstić information content (AvgIpc) is 2.88. The van der Waals surface area contributed by atoms with E-state index in [1.165, 1.54) is 16.7 Å². The van der Waals surface area contributed by atoms with Gasteiger partial charge in [-0.3, -0.25) is 0 Å². The quantitative estimate of drug-likeness (QED) is 0.907. The first kappa shape index (κ1) is 13.0. The highest BCUT2D eigenvalue weighted by Crippen LogP contribution is 2.26. The van der Waals surface area contributed by atoms with Gasteiger partial charge in [0.1, 0.15) is 5.01 Å². The molecule has 94 valence electrons. The predicted molar refractivity (Wildman–Crippen MR) is 79.6 cm³/mol. The molecular formula is C15H18N2S. The molecule has 0 aliphatic carbocycles. The Morgan fingerprint density at radius 3 is 3.00 bits per heavy atom. The van der Waals surface area contributed by atoms with Crippen LogP contribution in [0.2, 0.25) is 0 Å². The molecule has 3 heteroatoms. The summed E-state index contributed by atoms with van der Waals surface area (Å²) in [7, 11) is 0. The van der Waals surface area contributed by atoms with E-state index >= 15 is 0 Å². The van der Waals surface area contributed by atoms with Crippen LogP contribution in [0.1, 0.15) is 24.4 Å². The van der Waals surface area contributed by atoms with Crippen LogP contribution in [0.15, 0.2) is 35.7 Å². The fraction of sp³-hybridized carbons (Fsp3) is 0.267. The standard InChI is InChI=1S/C15H18N2S/c1-3-11(2)15-17-14(10-18-15)13-6-4-5-12(9-13)7-8-16/h3-6,9-10H,7-8,16H2,1-2H3. The molecule has 0 atom stereocenters. The van der Waals surface area contributed by atoms with Gasteiger partial charge in [0.05, 0.1) is 5.69 Å². The van der Waals surface area contributed by atoms with Crippen LogP contribution >= 0.6 is 11.3 Å². The molecule has 2 N–H and O–H groups in total. The molecule has 18 heavy (non-hydrogen) atoms. The summed E-state index contributed by atoms with van der Waals surface area (Å²) in [5.74, 6) is 0. The molecule has 0 bridgehead atoms. The van der Waals surface area contributed by atoms with Gasteiger partial charge in [-0.15, -0.1) is 11.3 Å². The zero-order valence-corrected chi connectivity index (χ0v) is 11.6. The Hall–Kier alpha value is -1.45. The molecule has 2 aromatic rings. The van der Waals surface area contributed by atoms with Gasteiger partial charge in [-0.2, -0.15) is 0 Å². The van der Waals surface area contributed by atoms with Crippen LogP contribution < -0.4 is 5.73 Å². The number of aromatic nitrogens is 1. The second-order valence-corrected chi connectivity index (χ2v) is 5.11. The molecule has 0 aliphatic rings. The van der Waals surface area contributed by atoms with Gasteiger partial charge in [0.25, 0.3) is 0 Å². The molecule has 1 heterocycles. The Morgan fingerprint density at radius 1 is 1.44 bits per heavy atom. The van der Waals surface area contributed by atoms with Gasteiger partial charge in [-0.05, 0) is 44.0 Å². The van der Waals surface area contributed by atoms with E-state index in [9.17, 15) is 0 Å². The van der Waals surface area contributed by atoms with Crippen molar-refractivity contribution in [1.29, 1.82) is 0 Å². The van der Waals surface area contributed by atoms with E-state index in [0.29, 0.717) is 6.54 Å². The normalized spacial score (nSPS) is 11.8. The van der Waals surface area contributed by atoms with Crippen molar-refractivity contribution in [2.24, 2.45) is 5.73 Å². The summed E-state index contributed by atoms with van der Waals surface area (Å²) in [4.78, 5) is 4.67. The van der Waals surface area contributed by atoms with Crippen molar-refractivity contribution in [3.8, 4) is 11.3 Å². The molecule has 1 aromatic heterocycles. The lowest BCUT2D eigenvalue weighted by atomic mass is 10.1. The molecule has 0 radical (unpaired) electrons. The zero-order chi connectivity index (χ0) is 13.0. The average molecular weight is 258 g/mol. The summed E-state index contributed by atoms with van der Waals surface area (Å²) in [6.45, 7) is 4.81. The van der Waals surface area contributed by atoms with Crippen molar-refractivity contribution in [2.75, 3.05) is 6.54 Å². The summed E-state index contributed by atoms with van der Waals surface area (Å²) >= 11 is 1.69. The summed E-state index contributed by atoms with van der Waals surface area (Å²) in [6, 6.07) is 8.46. The second-order valence-electron chi connectivity index (χ2n) is 4.25. The molecule has 0 unspecified atom stereocenters. The van der Waals surface area contributed by atoms with Crippen LogP contribution in [-0.2, 0) is 6.42 Å². The van der Waals surface area contributed by atoms with Crippen LogP contribution in [0, 0.1) is 0 Å². The highest BCUT2D eigenvalue weighted by molar-refractivity contribution is 7.11. The summed E-state index contributed by atoms with van der Waals surface area (Å²) < 4.78 is 0. The first-order valence-corrected chi connectivity index (χ1v) is 7.00. The number of thiazole rings is 1. The van der Waals surface area contributed by atoms with Crippen molar-refractivity contribution in [3.05, 3.63) is 46.3 Å². The van der Waals surface area contributed by atoms with E-state index in [-0.39, 0.29) is 0 Å². The first-order chi connectivity index (χ1) is 8.74. The topological polar surface area (TPSA) is 38.9 Å². The van der Waals surface area contributed by atoms with Crippen molar-refractivity contribution in [2.45, 2.75) is 20.3 Å². The Balaban J connectivity index is 2.31. The third kappa shape index (κ3) is 2.86. The van der Waals surface area contributed by atoms with Gasteiger partial charge in [-0.1, -0.05) is 24.3 Å². The molecule has 2 rings (SSSR count). The van der Waals surface area contributed by atoms with E-state index in [2.05, 4.69) is 47.6 Å². The van der Waals surface area contributed by atoms with E-state index in [1.807, 2.05) is 6.92 Å². The third-order valence-corrected chi connectivity index (χ3v) is 3.91. The highest BCUT2D eigenvalue weighted by atomic mass is 32.1. The zero-order valence-electron chi connectivity index (χ0n) is 10.8. The van der Waals surface area contributed by atoms with Gasteiger partial charge >= 0.3 is 0 Å². The lowest BCUT2D eigenvalue weighted by Crippen LogP contribution is -2.02. The second kappa shape index (κ2) is 5.94. The molecule has 1 aromatic carbocycles. The smallest absolute Gasteiger partial charge is 0.119 e.